The molecule has 1 saturated heterocycles. The van der Waals surface area contributed by atoms with Crippen LogP contribution in [0, 0.1) is 0 Å². The fourth-order valence-corrected chi connectivity index (χ4v) is 6.47. The van der Waals surface area contributed by atoms with Gasteiger partial charge in [0, 0.05) is 51.8 Å². The Morgan fingerprint density at radius 2 is 1.77 bits per heavy atom. The van der Waals surface area contributed by atoms with Gasteiger partial charge in [0.05, 0.1) is 4.90 Å². The fourth-order valence-electron chi connectivity index (χ4n) is 4.90. The lowest BCUT2D eigenvalue weighted by Gasteiger charge is -2.26. The normalized spacial score (nSPS) is 18.5. The van der Waals surface area contributed by atoms with E-state index < -0.39 is 16.1 Å². The molecule has 2 aliphatic rings. The molecule has 1 fully saturated rings. The molecular formula is C26H34N4O4S. The highest BCUT2D eigenvalue weighted by atomic mass is 32.2. The molecule has 2 aromatic rings. The fraction of sp³-hybridized carbons (Fsp3) is 0.462. The molecule has 2 amide bonds. The van der Waals surface area contributed by atoms with E-state index >= 15 is 0 Å². The number of rotatable bonds is 8. The maximum Gasteiger partial charge on any atom is 0.243 e. The third-order valence-electron chi connectivity index (χ3n) is 6.72. The maximum atomic E-state index is 13.1. The van der Waals surface area contributed by atoms with Crippen LogP contribution < -0.4 is 10.2 Å². The second-order valence-corrected chi connectivity index (χ2v) is 11.3. The lowest BCUT2D eigenvalue weighted by atomic mass is 10.1. The van der Waals surface area contributed by atoms with Gasteiger partial charge in [-0.15, -0.1) is 0 Å². The van der Waals surface area contributed by atoms with E-state index in [0.717, 1.165) is 25.8 Å². The van der Waals surface area contributed by atoms with Gasteiger partial charge < -0.3 is 10.2 Å². The molecule has 8 nitrogen and oxygen atoms in total. The summed E-state index contributed by atoms with van der Waals surface area (Å²) in [6.07, 6.45) is 3.07. The molecule has 35 heavy (non-hydrogen) atoms. The summed E-state index contributed by atoms with van der Waals surface area (Å²) in [6.45, 7) is 4.39. The Morgan fingerprint density at radius 3 is 2.46 bits per heavy atom. The van der Waals surface area contributed by atoms with Crippen molar-refractivity contribution in [3.63, 3.8) is 0 Å². The van der Waals surface area contributed by atoms with E-state index in [-0.39, 0.29) is 16.7 Å². The highest BCUT2D eigenvalue weighted by Crippen LogP contribution is 2.35. The van der Waals surface area contributed by atoms with Crippen molar-refractivity contribution in [3.05, 3.63) is 59.7 Å². The Bertz CT molecular complexity index is 1160. The third-order valence-corrected chi connectivity index (χ3v) is 8.61. The van der Waals surface area contributed by atoms with E-state index in [0.29, 0.717) is 43.9 Å². The number of nitrogens with one attached hydrogen (secondary N) is 1. The molecule has 1 atom stereocenters. The second-order valence-electron chi connectivity index (χ2n) is 9.38. The number of hydrogen-bond donors (Lipinski definition) is 1. The molecule has 9 heteroatoms. The van der Waals surface area contributed by atoms with Gasteiger partial charge in [0.15, 0.2) is 0 Å². The molecule has 0 radical (unpaired) electrons. The van der Waals surface area contributed by atoms with E-state index in [1.807, 2.05) is 25.2 Å². The minimum atomic E-state index is -3.58. The lowest BCUT2D eigenvalue weighted by Crippen LogP contribution is -2.48. The molecule has 0 bridgehead atoms. The highest BCUT2D eigenvalue weighted by molar-refractivity contribution is 7.89. The quantitative estimate of drug-likeness (QED) is 0.604. The predicted octanol–water partition coefficient (Wildman–Crippen LogP) is 2.39. The molecular weight excluding hydrogens is 464 g/mol. The summed E-state index contributed by atoms with van der Waals surface area (Å²) in [6, 6.07) is 14.3. The number of amides is 2. The molecule has 2 aliphatic heterocycles. The number of fused-ring (bicyclic) bond motifs is 1. The number of anilines is 1. The van der Waals surface area contributed by atoms with Gasteiger partial charge in [0.25, 0.3) is 0 Å². The summed E-state index contributed by atoms with van der Waals surface area (Å²) in [5, 5.41) is 2.96. The van der Waals surface area contributed by atoms with E-state index in [4.69, 9.17) is 0 Å². The maximum absolute atomic E-state index is 13.1. The summed E-state index contributed by atoms with van der Waals surface area (Å²) in [7, 11) is -1.59. The van der Waals surface area contributed by atoms with Crippen LogP contribution >= 0.6 is 0 Å². The number of nitrogens with zero attached hydrogens (tertiary/aromatic N) is 3. The number of sulfonamides is 1. The molecule has 2 aromatic carbocycles. The van der Waals surface area contributed by atoms with Crippen LogP contribution in [0.4, 0.5) is 5.69 Å². The number of piperidine rings is 1. The van der Waals surface area contributed by atoms with Crippen molar-refractivity contribution in [3.8, 4) is 0 Å². The van der Waals surface area contributed by atoms with Crippen molar-refractivity contribution < 1.29 is 18.0 Å². The highest BCUT2D eigenvalue weighted by Gasteiger charge is 2.38. The summed E-state index contributed by atoms with van der Waals surface area (Å²) in [5.74, 6) is -0.471. The minimum Gasteiger partial charge on any atom is -0.353 e. The monoisotopic (exact) mass is 498 g/mol. The molecule has 0 aromatic heterocycles. The summed E-state index contributed by atoms with van der Waals surface area (Å²) >= 11 is 0. The van der Waals surface area contributed by atoms with Gasteiger partial charge in [-0.2, -0.15) is 4.31 Å². The zero-order valence-electron chi connectivity index (χ0n) is 20.4. The van der Waals surface area contributed by atoms with Gasteiger partial charge in [-0.1, -0.05) is 36.8 Å². The van der Waals surface area contributed by atoms with Crippen LogP contribution in [0.3, 0.4) is 0 Å². The first-order valence-electron chi connectivity index (χ1n) is 12.2. The Balaban J connectivity index is 1.41. The zero-order valence-corrected chi connectivity index (χ0v) is 21.3. The van der Waals surface area contributed by atoms with Crippen molar-refractivity contribution in [2.45, 2.75) is 50.1 Å². The van der Waals surface area contributed by atoms with E-state index in [1.165, 1.54) is 21.7 Å². The van der Waals surface area contributed by atoms with Crippen molar-refractivity contribution in [1.29, 1.82) is 0 Å². The Kier molecular flexibility index (Phi) is 7.88. The van der Waals surface area contributed by atoms with Crippen LogP contribution in [0.25, 0.3) is 0 Å². The van der Waals surface area contributed by atoms with Gasteiger partial charge in [-0.05, 0) is 49.2 Å². The molecule has 1 N–H and O–H groups in total. The van der Waals surface area contributed by atoms with Crippen LogP contribution in [0.1, 0.15) is 37.3 Å². The van der Waals surface area contributed by atoms with Gasteiger partial charge in [-0.3, -0.25) is 14.5 Å². The van der Waals surface area contributed by atoms with Crippen molar-refractivity contribution in [2.75, 3.05) is 38.1 Å². The first-order chi connectivity index (χ1) is 16.8. The van der Waals surface area contributed by atoms with Crippen LogP contribution in [-0.2, 0) is 32.6 Å². The summed E-state index contributed by atoms with van der Waals surface area (Å²) in [5.41, 5.74) is 2.52. The molecule has 0 aliphatic carbocycles. The summed E-state index contributed by atoms with van der Waals surface area (Å²) < 4.78 is 27.8. The van der Waals surface area contributed by atoms with E-state index in [9.17, 15) is 18.0 Å². The third kappa shape index (κ3) is 5.74. The van der Waals surface area contributed by atoms with Gasteiger partial charge in [0.2, 0.25) is 21.8 Å². The van der Waals surface area contributed by atoms with Crippen molar-refractivity contribution >= 4 is 27.5 Å². The first-order valence-corrected chi connectivity index (χ1v) is 13.6. The van der Waals surface area contributed by atoms with Crippen LogP contribution in [-0.4, -0.2) is 68.7 Å². The molecule has 0 spiro atoms. The van der Waals surface area contributed by atoms with Crippen LogP contribution in [0.15, 0.2) is 53.4 Å². The van der Waals surface area contributed by atoms with E-state index in [1.54, 1.807) is 18.2 Å². The largest absolute Gasteiger partial charge is 0.353 e. The average molecular weight is 499 g/mol. The Morgan fingerprint density at radius 1 is 1.06 bits per heavy atom. The number of carbonyl (C=O) groups excluding carboxylic acids is 2. The van der Waals surface area contributed by atoms with Gasteiger partial charge in [-0.25, -0.2) is 8.42 Å². The SMILES string of the molecule is CC(=O)N1c2ccc(S(=O)(=O)N3CCCCC3)cc2CC1C(=O)NCCN(C)Cc1ccccc1. The Hall–Kier alpha value is -2.75. The number of hydrogen-bond acceptors (Lipinski definition) is 5. The molecule has 0 saturated carbocycles. The van der Waals surface area contributed by atoms with Gasteiger partial charge in [0.1, 0.15) is 6.04 Å². The van der Waals surface area contributed by atoms with Crippen LogP contribution in [0.2, 0.25) is 0 Å². The van der Waals surface area contributed by atoms with Crippen LogP contribution in [0.5, 0.6) is 0 Å². The predicted molar refractivity (Wildman–Crippen MR) is 135 cm³/mol. The Labute approximate surface area is 207 Å². The lowest BCUT2D eigenvalue weighted by molar-refractivity contribution is -0.125. The topological polar surface area (TPSA) is 90.0 Å². The smallest absolute Gasteiger partial charge is 0.243 e. The minimum absolute atomic E-state index is 0.227. The number of benzene rings is 2. The molecule has 2 heterocycles. The number of likely N-dealkylation sites (N-methyl/N-ethyl adjacent to an activating group) is 1. The first kappa shape index (κ1) is 25.3. The van der Waals surface area contributed by atoms with Crippen molar-refractivity contribution in [2.24, 2.45) is 0 Å². The van der Waals surface area contributed by atoms with Crippen molar-refractivity contribution in [1.82, 2.24) is 14.5 Å². The number of carbonyl (C=O) groups is 2. The second kappa shape index (κ2) is 10.9. The average Bonchev–Trinajstić information content (AvgIpc) is 3.24. The van der Waals surface area contributed by atoms with Gasteiger partial charge >= 0.3 is 0 Å². The molecule has 4 rings (SSSR count). The zero-order chi connectivity index (χ0) is 25.0. The summed E-state index contributed by atoms with van der Waals surface area (Å²) in [4.78, 5) is 29.3. The molecule has 1 unspecified atom stereocenters. The van der Waals surface area contributed by atoms with E-state index in [2.05, 4.69) is 22.3 Å². The standard InChI is InChI=1S/C26H34N4O4S/c1-20(31)30-24-12-11-23(35(33,34)29-14-7-4-8-15-29)17-22(24)18-25(30)26(32)27-13-16-28(2)19-21-9-5-3-6-10-21/h3,5-6,9-12,17,25H,4,7-8,13-16,18-19H2,1-2H3,(H,27,32). The molecule has 188 valence electrons.